The van der Waals surface area contributed by atoms with E-state index in [9.17, 15) is 19.2 Å². The molecule has 4 amide bonds. The highest BCUT2D eigenvalue weighted by Crippen LogP contribution is 2.68. The van der Waals surface area contributed by atoms with Crippen molar-refractivity contribution in [2.75, 3.05) is 12.0 Å². The maximum Gasteiger partial charge on any atom is 0.234 e. The van der Waals surface area contributed by atoms with Crippen LogP contribution in [0.5, 0.6) is 0 Å². The predicted octanol–water partition coefficient (Wildman–Crippen LogP) is 0.643. The molecule has 6 rings (SSSR count). The first-order chi connectivity index (χ1) is 11.5. The highest BCUT2D eigenvalue weighted by Gasteiger charge is 2.74. The summed E-state index contributed by atoms with van der Waals surface area (Å²) in [5.41, 5.74) is 0. The summed E-state index contributed by atoms with van der Waals surface area (Å²) >= 11 is 11.5. The molecule has 0 radical (unpaired) electrons. The van der Waals surface area contributed by atoms with Crippen molar-refractivity contribution < 1.29 is 19.2 Å². The molecule has 24 heavy (non-hydrogen) atoms. The van der Waals surface area contributed by atoms with E-state index >= 15 is 0 Å². The van der Waals surface area contributed by atoms with E-state index in [4.69, 9.17) is 23.2 Å². The number of likely N-dealkylation sites (tertiary alicyclic amines) is 2. The van der Waals surface area contributed by atoms with E-state index < -0.39 is 23.7 Å². The van der Waals surface area contributed by atoms with Crippen molar-refractivity contribution in [3.8, 4) is 0 Å². The Morgan fingerprint density at radius 2 is 1.00 bits per heavy atom. The Morgan fingerprint density at radius 1 is 0.667 bits per heavy atom. The smallest absolute Gasteiger partial charge is 0.234 e. The van der Waals surface area contributed by atoms with Gasteiger partial charge in [0.25, 0.3) is 0 Å². The minimum atomic E-state index is -0.443. The first-order valence-corrected chi connectivity index (χ1v) is 9.10. The first-order valence-electron chi connectivity index (χ1n) is 8.03. The van der Waals surface area contributed by atoms with Crippen LogP contribution in [0.2, 0.25) is 0 Å². The summed E-state index contributed by atoms with van der Waals surface area (Å²) in [4.78, 5) is 52.5. The number of nitrogens with zero attached hydrogens (tertiary/aromatic N) is 2. The van der Waals surface area contributed by atoms with Gasteiger partial charge in [0.1, 0.15) is 12.0 Å². The average Bonchev–Trinajstić information content (AvgIpc) is 2.91. The van der Waals surface area contributed by atoms with Crippen LogP contribution in [0.25, 0.3) is 0 Å². The molecule has 2 bridgehead atoms. The molecule has 6 aliphatic rings. The van der Waals surface area contributed by atoms with E-state index in [2.05, 4.69) is 0 Å². The van der Waals surface area contributed by atoms with Crippen LogP contribution in [0, 0.1) is 47.3 Å². The van der Waals surface area contributed by atoms with Gasteiger partial charge in [-0.05, 0) is 23.7 Å². The Hall–Kier alpha value is -1.40. The van der Waals surface area contributed by atoms with E-state index in [1.807, 2.05) is 12.2 Å². The van der Waals surface area contributed by atoms with E-state index in [1.54, 1.807) is 0 Å². The lowest BCUT2D eigenvalue weighted by Crippen LogP contribution is -2.63. The second-order valence-electron chi connectivity index (χ2n) is 7.25. The topological polar surface area (TPSA) is 74.8 Å². The van der Waals surface area contributed by atoms with Gasteiger partial charge in [0.05, 0.1) is 23.7 Å². The Bertz CT molecular complexity index is 682. The average molecular weight is 369 g/mol. The number of rotatable bonds is 2. The molecule has 0 unspecified atom stereocenters. The number of allylic oxidation sites excluding steroid dienone is 2. The number of carbonyl (C=O) groups excluding carboxylic acids is 4. The molecule has 0 aromatic rings. The lowest BCUT2D eigenvalue weighted by atomic mass is 9.40. The van der Waals surface area contributed by atoms with Crippen LogP contribution in [0.1, 0.15) is 0 Å². The van der Waals surface area contributed by atoms with Gasteiger partial charge >= 0.3 is 0 Å². The van der Waals surface area contributed by atoms with Crippen LogP contribution in [0.4, 0.5) is 0 Å². The third kappa shape index (κ3) is 1.38. The van der Waals surface area contributed by atoms with Gasteiger partial charge in [-0.15, -0.1) is 23.2 Å². The summed E-state index contributed by atoms with van der Waals surface area (Å²) < 4.78 is 0. The summed E-state index contributed by atoms with van der Waals surface area (Å²) in [5, 5.41) is 0. The van der Waals surface area contributed by atoms with Crippen molar-refractivity contribution in [2.45, 2.75) is 0 Å². The Balaban J connectivity index is 1.57. The van der Waals surface area contributed by atoms with Gasteiger partial charge in [0.15, 0.2) is 0 Å². The van der Waals surface area contributed by atoms with Gasteiger partial charge in [0.2, 0.25) is 23.6 Å². The number of imide groups is 2. The van der Waals surface area contributed by atoms with Gasteiger partial charge in [-0.1, -0.05) is 12.2 Å². The van der Waals surface area contributed by atoms with Gasteiger partial charge in [0, 0.05) is 0 Å². The van der Waals surface area contributed by atoms with Crippen molar-refractivity contribution >= 4 is 46.8 Å². The molecule has 0 aromatic carbocycles. The number of amides is 4. The molecule has 126 valence electrons. The molecular weight excluding hydrogens is 355 g/mol. The van der Waals surface area contributed by atoms with Crippen molar-refractivity contribution in [2.24, 2.45) is 47.3 Å². The molecule has 0 aromatic heterocycles. The predicted molar refractivity (Wildman–Crippen MR) is 82.2 cm³/mol. The zero-order chi connectivity index (χ0) is 16.9. The summed E-state index contributed by atoms with van der Waals surface area (Å²) in [6.07, 6.45) is 3.93. The molecule has 4 aliphatic carbocycles. The summed E-state index contributed by atoms with van der Waals surface area (Å²) in [7, 11) is 0. The third-order valence-electron chi connectivity index (χ3n) is 6.77. The minimum Gasteiger partial charge on any atom is -0.274 e. The Kier molecular flexibility index (Phi) is 2.86. The molecule has 2 saturated carbocycles. The van der Waals surface area contributed by atoms with E-state index in [0.29, 0.717) is 0 Å². The number of halogens is 2. The van der Waals surface area contributed by atoms with Crippen LogP contribution in [0.3, 0.4) is 0 Å². The second-order valence-corrected chi connectivity index (χ2v) is 7.72. The van der Waals surface area contributed by atoms with E-state index in [-0.39, 0.29) is 59.3 Å². The monoisotopic (exact) mass is 368 g/mol. The van der Waals surface area contributed by atoms with Crippen LogP contribution in [0.15, 0.2) is 12.2 Å². The quantitative estimate of drug-likeness (QED) is 0.310. The molecule has 8 atom stereocenters. The van der Waals surface area contributed by atoms with E-state index in [0.717, 1.165) is 9.80 Å². The largest absolute Gasteiger partial charge is 0.274 e. The molecule has 0 spiro atoms. The number of alkyl halides is 2. The number of carbonyl (C=O) groups is 4. The van der Waals surface area contributed by atoms with Crippen molar-refractivity contribution in [1.82, 2.24) is 9.80 Å². The fourth-order valence-electron chi connectivity index (χ4n) is 5.96. The fraction of sp³-hybridized carbons (Fsp3) is 0.625. The summed E-state index contributed by atoms with van der Waals surface area (Å²) in [5.74, 6) is -3.09. The molecule has 6 nitrogen and oxygen atoms in total. The molecule has 8 heteroatoms. The van der Waals surface area contributed by atoms with Crippen LogP contribution >= 0.6 is 23.2 Å². The lowest BCUT2D eigenvalue weighted by Gasteiger charge is -2.60. The normalized spacial score (nSPS) is 47.9. The highest BCUT2D eigenvalue weighted by atomic mass is 35.5. The van der Waals surface area contributed by atoms with Crippen molar-refractivity contribution in [3.05, 3.63) is 12.2 Å². The number of hydrogen-bond acceptors (Lipinski definition) is 4. The lowest BCUT2D eigenvalue weighted by molar-refractivity contribution is -0.166. The van der Waals surface area contributed by atoms with E-state index in [1.165, 1.54) is 0 Å². The van der Waals surface area contributed by atoms with Crippen molar-refractivity contribution in [1.29, 1.82) is 0 Å². The highest BCUT2D eigenvalue weighted by molar-refractivity contribution is 6.22. The Morgan fingerprint density at radius 3 is 1.33 bits per heavy atom. The third-order valence-corrected chi connectivity index (χ3v) is 7.24. The molecular formula is C16H14Cl2N2O4. The summed E-state index contributed by atoms with van der Waals surface area (Å²) in [6, 6.07) is -0.290. The second kappa shape index (κ2) is 4.61. The first kappa shape index (κ1) is 14.9. The van der Waals surface area contributed by atoms with Crippen LogP contribution < -0.4 is 0 Å². The SMILES string of the molecule is O=C1[C@@H]2[C@H]3C=C[C@@H]([C@H]2C(=O)N1CCl)[C@H]1[C@H]2C(=O)N(CCl)C(=O)[C@@H]2[C@@H]31. The number of hydrogen-bond donors (Lipinski definition) is 0. The van der Waals surface area contributed by atoms with Gasteiger partial charge in [-0.25, -0.2) is 0 Å². The molecule has 2 heterocycles. The fourth-order valence-corrected chi connectivity index (χ4v) is 6.43. The van der Waals surface area contributed by atoms with Crippen molar-refractivity contribution in [3.63, 3.8) is 0 Å². The van der Waals surface area contributed by atoms with Crippen LogP contribution in [-0.4, -0.2) is 45.4 Å². The molecule has 2 saturated heterocycles. The molecule has 4 fully saturated rings. The van der Waals surface area contributed by atoms with Crippen LogP contribution in [-0.2, 0) is 19.2 Å². The Labute approximate surface area is 147 Å². The molecule has 0 N–H and O–H groups in total. The zero-order valence-electron chi connectivity index (χ0n) is 12.5. The minimum absolute atomic E-state index is 0.0528. The zero-order valence-corrected chi connectivity index (χ0v) is 14.0. The van der Waals surface area contributed by atoms with Gasteiger partial charge < -0.3 is 0 Å². The number of fused-ring (bicyclic) bond motifs is 1. The van der Waals surface area contributed by atoms with Gasteiger partial charge in [-0.3, -0.25) is 29.0 Å². The maximum atomic E-state index is 12.6. The maximum absolute atomic E-state index is 12.6. The summed E-state index contributed by atoms with van der Waals surface area (Å²) in [6.45, 7) is 0. The molecule has 2 aliphatic heterocycles. The van der Waals surface area contributed by atoms with Gasteiger partial charge in [-0.2, -0.15) is 0 Å². The standard InChI is InChI=1S/C16H14Cl2N2O4/c17-3-19-13(21)9-5-1-2-6(10(9)14(19)22)8-7(5)11-12(8)16(24)20(4-18)15(11)23/h1-2,5-12H,3-4H2/t5-,6+,7-,8+,9-,10-,11-,12-/m1/s1.